The van der Waals surface area contributed by atoms with Gasteiger partial charge in [0.1, 0.15) is 5.72 Å². The van der Waals surface area contributed by atoms with Crippen molar-refractivity contribution >= 4 is 34.9 Å². The molecule has 110 valence electrons. The summed E-state index contributed by atoms with van der Waals surface area (Å²) in [6, 6.07) is 4.81. The Labute approximate surface area is 129 Å². The van der Waals surface area contributed by atoms with Crippen LogP contribution in [0.3, 0.4) is 0 Å². The molecule has 1 N–H and O–H groups in total. The maximum Gasteiger partial charge on any atom is 0.324 e. The lowest BCUT2D eigenvalue weighted by Gasteiger charge is -2.33. The van der Waals surface area contributed by atoms with Crippen LogP contribution in [0.5, 0.6) is 0 Å². The first-order chi connectivity index (χ1) is 9.33. The van der Waals surface area contributed by atoms with Crippen LogP contribution in [0.1, 0.15) is 27.2 Å². The summed E-state index contributed by atoms with van der Waals surface area (Å²) in [5, 5.41) is 3.79. The molecule has 2 amide bonds. The highest BCUT2D eigenvalue weighted by molar-refractivity contribution is 6.35. The van der Waals surface area contributed by atoms with Crippen molar-refractivity contribution in [2.75, 3.05) is 11.9 Å². The molecule has 1 saturated heterocycles. The highest BCUT2D eigenvalue weighted by Crippen LogP contribution is 2.30. The van der Waals surface area contributed by atoms with Gasteiger partial charge in [-0.25, -0.2) is 4.79 Å². The maximum atomic E-state index is 12.5. The van der Waals surface area contributed by atoms with Gasteiger partial charge in [0, 0.05) is 15.7 Å². The Balaban J connectivity index is 2.18. The molecule has 0 aliphatic carbocycles. The zero-order valence-electron chi connectivity index (χ0n) is 11.7. The van der Waals surface area contributed by atoms with E-state index in [9.17, 15) is 4.79 Å². The second-order valence-corrected chi connectivity index (χ2v) is 6.15. The summed E-state index contributed by atoms with van der Waals surface area (Å²) < 4.78 is 5.68. The molecule has 1 heterocycles. The van der Waals surface area contributed by atoms with Crippen molar-refractivity contribution in [3.8, 4) is 0 Å². The number of amides is 2. The minimum absolute atomic E-state index is 0.0691. The number of rotatable bonds is 2. The fourth-order valence-corrected chi connectivity index (χ4v) is 2.93. The van der Waals surface area contributed by atoms with E-state index in [-0.39, 0.29) is 12.1 Å². The molecule has 20 heavy (non-hydrogen) atoms. The molecule has 0 saturated carbocycles. The molecule has 0 spiro atoms. The molecule has 1 aromatic carbocycles. The predicted molar refractivity (Wildman–Crippen MR) is 81.4 cm³/mol. The number of hydrogen-bond acceptors (Lipinski definition) is 2. The predicted octanol–water partition coefficient (Wildman–Crippen LogP) is 4.37. The van der Waals surface area contributed by atoms with Gasteiger partial charge in [-0.05, 0) is 38.5 Å². The van der Waals surface area contributed by atoms with Crippen molar-refractivity contribution in [3.05, 3.63) is 28.2 Å². The van der Waals surface area contributed by atoms with Crippen LogP contribution in [0, 0.1) is 0 Å². The molecular weight excluding hydrogens is 299 g/mol. The van der Waals surface area contributed by atoms with E-state index >= 15 is 0 Å². The fourth-order valence-electron chi connectivity index (χ4n) is 2.40. The summed E-state index contributed by atoms with van der Waals surface area (Å²) >= 11 is 11.9. The van der Waals surface area contributed by atoms with Crippen LogP contribution < -0.4 is 5.32 Å². The molecule has 1 aliphatic rings. The molecule has 6 heteroatoms. The van der Waals surface area contributed by atoms with Gasteiger partial charge in [0.15, 0.2) is 0 Å². The van der Waals surface area contributed by atoms with E-state index < -0.39 is 5.72 Å². The molecule has 0 bridgehead atoms. The van der Waals surface area contributed by atoms with E-state index in [0.29, 0.717) is 22.3 Å². The summed E-state index contributed by atoms with van der Waals surface area (Å²) in [6.45, 7) is 6.35. The van der Waals surface area contributed by atoms with Gasteiger partial charge in [-0.1, -0.05) is 30.1 Å². The van der Waals surface area contributed by atoms with Crippen molar-refractivity contribution in [2.45, 2.75) is 39.0 Å². The molecule has 1 aliphatic heterocycles. The fraction of sp³-hybridized carbons (Fsp3) is 0.500. The SMILES string of the molecule is CCC1COC(C)(C)N1C(=O)Nc1cc(Cl)cc(Cl)c1. The lowest BCUT2D eigenvalue weighted by Crippen LogP contribution is -2.49. The number of ether oxygens (including phenoxy) is 1. The molecule has 0 aromatic heterocycles. The maximum absolute atomic E-state index is 12.5. The lowest BCUT2D eigenvalue weighted by molar-refractivity contribution is -0.0301. The second-order valence-electron chi connectivity index (χ2n) is 5.28. The van der Waals surface area contributed by atoms with E-state index in [1.165, 1.54) is 0 Å². The topological polar surface area (TPSA) is 41.6 Å². The quantitative estimate of drug-likeness (QED) is 0.880. The first-order valence-electron chi connectivity index (χ1n) is 6.54. The molecule has 0 radical (unpaired) electrons. The van der Waals surface area contributed by atoms with Crippen LogP contribution in [0.15, 0.2) is 18.2 Å². The first-order valence-corrected chi connectivity index (χ1v) is 7.29. The number of nitrogens with one attached hydrogen (secondary N) is 1. The Morgan fingerprint density at radius 1 is 1.40 bits per heavy atom. The number of anilines is 1. The van der Waals surface area contributed by atoms with Crippen LogP contribution in [-0.4, -0.2) is 29.3 Å². The van der Waals surface area contributed by atoms with Crippen LogP contribution >= 0.6 is 23.2 Å². The molecule has 2 rings (SSSR count). The van der Waals surface area contributed by atoms with E-state index in [2.05, 4.69) is 5.32 Å². The number of hydrogen-bond donors (Lipinski definition) is 1. The summed E-state index contributed by atoms with van der Waals surface area (Å²) in [5.74, 6) is 0. The highest BCUT2D eigenvalue weighted by atomic mass is 35.5. The zero-order valence-corrected chi connectivity index (χ0v) is 13.3. The number of halogens is 2. The highest BCUT2D eigenvalue weighted by Gasteiger charge is 2.42. The van der Waals surface area contributed by atoms with Crippen molar-refractivity contribution in [1.29, 1.82) is 0 Å². The third kappa shape index (κ3) is 3.19. The minimum Gasteiger partial charge on any atom is -0.354 e. The molecule has 1 aromatic rings. The van der Waals surface area contributed by atoms with E-state index in [4.69, 9.17) is 27.9 Å². The van der Waals surface area contributed by atoms with Crippen molar-refractivity contribution < 1.29 is 9.53 Å². The van der Waals surface area contributed by atoms with Crippen molar-refractivity contribution in [2.24, 2.45) is 0 Å². The van der Waals surface area contributed by atoms with Crippen LogP contribution in [-0.2, 0) is 4.74 Å². The van der Waals surface area contributed by atoms with Gasteiger partial charge in [-0.3, -0.25) is 4.90 Å². The Morgan fingerprint density at radius 3 is 2.55 bits per heavy atom. The zero-order chi connectivity index (χ0) is 14.9. The second kappa shape index (κ2) is 5.80. The number of carbonyl (C=O) groups excluding carboxylic acids is 1. The third-order valence-electron chi connectivity index (χ3n) is 3.38. The third-order valence-corrected chi connectivity index (χ3v) is 3.81. The van der Waals surface area contributed by atoms with E-state index in [0.717, 1.165) is 6.42 Å². The molecule has 1 unspecified atom stereocenters. The molecular formula is C14H18Cl2N2O2. The first kappa shape index (κ1) is 15.4. The van der Waals surface area contributed by atoms with Crippen molar-refractivity contribution in [1.82, 2.24) is 4.90 Å². The summed E-state index contributed by atoms with van der Waals surface area (Å²) in [7, 11) is 0. The number of nitrogens with zero attached hydrogens (tertiary/aromatic N) is 1. The van der Waals surface area contributed by atoms with Gasteiger partial charge in [0.25, 0.3) is 0 Å². The van der Waals surface area contributed by atoms with Gasteiger partial charge in [-0.15, -0.1) is 0 Å². The Hall–Kier alpha value is -0.970. The van der Waals surface area contributed by atoms with Gasteiger partial charge < -0.3 is 10.1 Å². The normalized spacial score (nSPS) is 21.1. The Morgan fingerprint density at radius 2 is 2.00 bits per heavy atom. The van der Waals surface area contributed by atoms with E-state index in [1.54, 1.807) is 23.1 Å². The number of carbonyl (C=O) groups is 1. The van der Waals surface area contributed by atoms with Gasteiger partial charge >= 0.3 is 6.03 Å². The molecule has 1 atom stereocenters. The van der Waals surface area contributed by atoms with Crippen LogP contribution in [0.25, 0.3) is 0 Å². The van der Waals surface area contributed by atoms with E-state index in [1.807, 2.05) is 20.8 Å². The van der Waals surface area contributed by atoms with Crippen LogP contribution in [0.2, 0.25) is 10.0 Å². The average molecular weight is 317 g/mol. The van der Waals surface area contributed by atoms with Gasteiger partial charge in [-0.2, -0.15) is 0 Å². The van der Waals surface area contributed by atoms with Crippen LogP contribution in [0.4, 0.5) is 10.5 Å². The number of benzene rings is 1. The summed E-state index contributed by atoms with van der Waals surface area (Å²) in [6.07, 6.45) is 0.840. The average Bonchev–Trinajstić information content (AvgIpc) is 2.62. The number of urea groups is 1. The van der Waals surface area contributed by atoms with Crippen molar-refractivity contribution in [3.63, 3.8) is 0 Å². The molecule has 1 fully saturated rings. The van der Waals surface area contributed by atoms with Gasteiger partial charge in [0.05, 0.1) is 12.6 Å². The largest absolute Gasteiger partial charge is 0.354 e. The molecule has 4 nitrogen and oxygen atoms in total. The standard InChI is InChI=1S/C14H18Cl2N2O2/c1-4-12-8-20-14(2,3)18(12)13(19)17-11-6-9(15)5-10(16)7-11/h5-7,12H,4,8H2,1-3H3,(H,17,19). The minimum atomic E-state index is -0.618. The Kier molecular flexibility index (Phi) is 4.47. The Bertz CT molecular complexity index is 500. The summed E-state index contributed by atoms with van der Waals surface area (Å²) in [4.78, 5) is 14.2. The lowest BCUT2D eigenvalue weighted by atomic mass is 10.2. The smallest absolute Gasteiger partial charge is 0.324 e. The van der Waals surface area contributed by atoms with Gasteiger partial charge in [0.2, 0.25) is 0 Å². The summed E-state index contributed by atoms with van der Waals surface area (Å²) in [5.41, 5.74) is -0.0438. The monoisotopic (exact) mass is 316 g/mol.